The van der Waals surface area contributed by atoms with Crippen LogP contribution < -0.4 is 15.9 Å². The van der Waals surface area contributed by atoms with E-state index in [9.17, 15) is 22.8 Å². The number of amidine groups is 1. The molecule has 0 radical (unpaired) electrons. The number of quaternary nitrogens is 1. The number of fused-ring (bicyclic) bond motifs is 2. The molecule has 10 nitrogen and oxygen atoms in total. The van der Waals surface area contributed by atoms with E-state index in [0.29, 0.717) is 24.0 Å². The monoisotopic (exact) mass is 612 g/mol. The highest BCUT2D eigenvalue weighted by molar-refractivity contribution is 6.07. The summed E-state index contributed by atoms with van der Waals surface area (Å²) in [5.74, 6) is 4.65. The number of pyridine rings is 1. The quantitative estimate of drug-likeness (QED) is 0.287. The molecule has 230 valence electrons. The van der Waals surface area contributed by atoms with E-state index in [4.69, 9.17) is 15.6 Å². The number of carbonyl (C=O) groups excluding carboxylic acids is 2. The molecule has 0 bridgehead atoms. The Labute approximate surface area is 250 Å². The smallest absolute Gasteiger partial charge is 0.416 e. The van der Waals surface area contributed by atoms with Crippen molar-refractivity contribution in [3.8, 4) is 5.75 Å². The van der Waals surface area contributed by atoms with E-state index in [2.05, 4.69) is 15.3 Å². The van der Waals surface area contributed by atoms with Crippen LogP contribution in [0.1, 0.15) is 54.6 Å². The molecule has 5 heterocycles. The summed E-state index contributed by atoms with van der Waals surface area (Å²) >= 11 is 0. The molecule has 2 amide bonds. The molecule has 0 saturated carbocycles. The molecule has 1 unspecified atom stereocenters. The highest BCUT2D eigenvalue weighted by Gasteiger charge is 2.52. The fourth-order valence-electron chi connectivity index (χ4n) is 6.40. The Hall–Kier alpha value is -4.43. The summed E-state index contributed by atoms with van der Waals surface area (Å²) in [6.07, 6.45) is 3.20. The average Bonchev–Trinajstić information content (AvgIpc) is 3.40. The van der Waals surface area contributed by atoms with Crippen LogP contribution in [0.15, 0.2) is 64.2 Å². The molecule has 2 fully saturated rings. The standard InChI is InChI=1S/C30H29F4N7O3/c1-29(2)13-19-5-4-16(15-40(19)28(29)43)25-21-14-36-8-9-41(21,35)26(39-25)24-20(31)10-17(11-22(24)44-3)27(42)38-23-12-18(6-7-37-23)30(32,33)34/h6-12,14,16,19H,4-5,13,15,35H2,1-3H3/p+1/t16-,19+,41?/m1/s1. The number of piperidine rings is 1. The molecule has 1 aromatic carbocycles. The third-order valence-corrected chi connectivity index (χ3v) is 8.59. The molecular formula is C30H30F4N7O3+. The Kier molecular flexibility index (Phi) is 6.96. The lowest BCUT2D eigenvalue weighted by Gasteiger charge is -2.35. The van der Waals surface area contributed by atoms with E-state index < -0.39 is 33.5 Å². The highest BCUT2D eigenvalue weighted by Crippen LogP contribution is 2.45. The second-order valence-electron chi connectivity index (χ2n) is 12.0. The minimum absolute atomic E-state index is 0.0643. The van der Waals surface area contributed by atoms with Crippen molar-refractivity contribution in [3.63, 3.8) is 0 Å². The summed E-state index contributed by atoms with van der Waals surface area (Å²) in [5.41, 5.74) is -0.639. The summed E-state index contributed by atoms with van der Waals surface area (Å²) in [4.78, 5) is 40.8. The number of alkyl halides is 3. The van der Waals surface area contributed by atoms with Gasteiger partial charge in [0.1, 0.15) is 34.8 Å². The minimum Gasteiger partial charge on any atom is -0.496 e. The number of hydrogen-bond acceptors (Lipinski definition) is 7. The summed E-state index contributed by atoms with van der Waals surface area (Å²) in [6.45, 7) is 4.35. The van der Waals surface area contributed by atoms with Crippen molar-refractivity contribution in [2.75, 3.05) is 19.0 Å². The third-order valence-electron chi connectivity index (χ3n) is 8.59. The van der Waals surface area contributed by atoms with Crippen LogP contribution in [0.25, 0.3) is 0 Å². The topological polar surface area (TPSA) is 122 Å². The number of rotatable bonds is 5. The van der Waals surface area contributed by atoms with Crippen molar-refractivity contribution in [2.24, 2.45) is 27.2 Å². The molecule has 14 heteroatoms. The first-order valence-corrected chi connectivity index (χ1v) is 14.0. The van der Waals surface area contributed by atoms with E-state index in [-0.39, 0.29) is 46.4 Å². The van der Waals surface area contributed by atoms with Crippen molar-refractivity contribution in [1.29, 1.82) is 0 Å². The van der Waals surface area contributed by atoms with Gasteiger partial charge in [0.25, 0.3) is 11.7 Å². The Balaban J connectivity index is 1.33. The number of amides is 2. The van der Waals surface area contributed by atoms with Crippen molar-refractivity contribution in [3.05, 3.63) is 76.8 Å². The molecular weight excluding hydrogens is 582 g/mol. The van der Waals surface area contributed by atoms with Gasteiger partial charge in [0.05, 0.1) is 25.1 Å². The van der Waals surface area contributed by atoms with Gasteiger partial charge in [-0.25, -0.2) is 9.37 Å². The lowest BCUT2D eigenvalue weighted by atomic mass is 9.86. The van der Waals surface area contributed by atoms with Crippen LogP contribution >= 0.6 is 0 Å². The van der Waals surface area contributed by atoms with Crippen molar-refractivity contribution in [2.45, 2.75) is 45.3 Å². The van der Waals surface area contributed by atoms with Crippen LogP contribution in [0, 0.1) is 17.2 Å². The van der Waals surface area contributed by atoms with E-state index in [0.717, 1.165) is 37.6 Å². The number of halogens is 4. The molecule has 0 spiro atoms. The number of hydrogen-bond donors (Lipinski definition) is 2. The molecule has 4 aliphatic rings. The van der Waals surface area contributed by atoms with Gasteiger partial charge in [-0.2, -0.15) is 24.0 Å². The van der Waals surface area contributed by atoms with Crippen LogP contribution in [0.3, 0.4) is 0 Å². The largest absolute Gasteiger partial charge is 0.496 e. The van der Waals surface area contributed by atoms with Gasteiger partial charge < -0.3 is 15.0 Å². The van der Waals surface area contributed by atoms with Gasteiger partial charge in [-0.15, -0.1) is 4.59 Å². The van der Waals surface area contributed by atoms with Crippen LogP contribution in [-0.2, 0) is 11.0 Å². The summed E-state index contributed by atoms with van der Waals surface area (Å²) in [5, 5.41) is 2.27. The number of methoxy groups -OCH3 is 1. The predicted octanol–water partition coefficient (Wildman–Crippen LogP) is 4.76. The number of nitrogens with two attached hydrogens (primary N) is 1. The number of anilines is 1. The fraction of sp³-hybridized carbons (Fsp3) is 0.367. The van der Waals surface area contributed by atoms with Gasteiger partial charge in [0, 0.05) is 35.7 Å². The van der Waals surface area contributed by atoms with Gasteiger partial charge in [-0.3, -0.25) is 14.6 Å². The molecule has 3 N–H and O–H groups in total. The van der Waals surface area contributed by atoms with Crippen LogP contribution in [0.5, 0.6) is 5.75 Å². The SMILES string of the molecule is COc1cc(C(=O)Nc2cc(C(F)(F)F)ccn2)cc(F)c1C1=NC([C@@H]2CC[C@H]3CC(C)(C)C(=O)N3C2)=C2C=NC=C[N+]12N. The number of allylic oxidation sites excluding steroid dienone is 1. The number of ether oxygens (including phenoxy) is 1. The van der Waals surface area contributed by atoms with Crippen LogP contribution in [0.2, 0.25) is 0 Å². The number of benzene rings is 1. The minimum atomic E-state index is -4.64. The zero-order valence-corrected chi connectivity index (χ0v) is 24.2. The van der Waals surface area contributed by atoms with E-state index in [1.807, 2.05) is 18.7 Å². The normalized spacial score (nSPS) is 25.6. The Morgan fingerprint density at radius 2 is 2.00 bits per heavy atom. The number of nitrogens with zero attached hydrogens (tertiary/aromatic N) is 5. The van der Waals surface area contributed by atoms with E-state index in [1.165, 1.54) is 19.4 Å². The maximum Gasteiger partial charge on any atom is 0.416 e. The van der Waals surface area contributed by atoms with Crippen molar-refractivity contribution >= 4 is 29.7 Å². The lowest BCUT2D eigenvalue weighted by Crippen LogP contribution is -2.53. The summed E-state index contributed by atoms with van der Waals surface area (Å²) in [7, 11) is 1.29. The second kappa shape index (κ2) is 10.3. The van der Waals surface area contributed by atoms with E-state index in [1.54, 1.807) is 12.4 Å². The maximum atomic E-state index is 16.0. The first-order valence-electron chi connectivity index (χ1n) is 14.0. The molecule has 2 saturated heterocycles. The van der Waals surface area contributed by atoms with Crippen molar-refractivity contribution in [1.82, 2.24) is 9.88 Å². The number of aromatic nitrogens is 1. The maximum absolute atomic E-state index is 16.0. The van der Waals surface area contributed by atoms with Crippen LogP contribution in [0.4, 0.5) is 23.4 Å². The first kappa shape index (κ1) is 29.6. The van der Waals surface area contributed by atoms with Gasteiger partial charge >= 0.3 is 6.18 Å². The zero-order valence-electron chi connectivity index (χ0n) is 24.2. The lowest BCUT2D eigenvalue weighted by molar-refractivity contribution is -0.750. The van der Waals surface area contributed by atoms with Gasteiger partial charge in [-0.1, -0.05) is 13.8 Å². The van der Waals surface area contributed by atoms with Crippen molar-refractivity contribution < 1.29 is 36.5 Å². The summed E-state index contributed by atoms with van der Waals surface area (Å²) in [6, 6.07) is 3.80. The summed E-state index contributed by atoms with van der Waals surface area (Å²) < 4.78 is 60.3. The molecule has 1 aromatic heterocycles. The van der Waals surface area contributed by atoms with Gasteiger partial charge in [0.2, 0.25) is 11.6 Å². The molecule has 6 rings (SSSR count). The van der Waals surface area contributed by atoms with E-state index >= 15 is 4.39 Å². The zero-order chi connectivity index (χ0) is 31.6. The third kappa shape index (κ3) is 4.87. The van der Waals surface area contributed by atoms with Gasteiger partial charge in [0.15, 0.2) is 0 Å². The number of nitrogens with one attached hydrogen (secondary N) is 1. The predicted molar refractivity (Wildman–Crippen MR) is 152 cm³/mol. The van der Waals surface area contributed by atoms with Crippen LogP contribution in [-0.4, -0.2) is 58.0 Å². The first-order chi connectivity index (χ1) is 20.7. The highest BCUT2D eigenvalue weighted by atomic mass is 19.4. The molecule has 3 atom stereocenters. The fourth-order valence-corrected chi connectivity index (χ4v) is 6.40. The average molecular weight is 613 g/mol. The molecule has 2 aromatic rings. The molecule has 0 aliphatic carbocycles. The van der Waals surface area contributed by atoms with Gasteiger partial charge in [-0.05, 0) is 43.5 Å². The Bertz CT molecular complexity index is 1700. The molecule has 44 heavy (non-hydrogen) atoms. The molecule has 4 aliphatic heterocycles. The Morgan fingerprint density at radius 1 is 1.23 bits per heavy atom. The Morgan fingerprint density at radius 3 is 2.73 bits per heavy atom. The number of carbonyl (C=O) groups is 2. The second-order valence-corrected chi connectivity index (χ2v) is 12.0. The number of aliphatic imine (C=N–C) groups is 2.